The Labute approximate surface area is 104 Å². The largest absolute Gasteiger partial charge is 0.494 e. The average molecular weight is 254 g/mol. The minimum atomic E-state index is -0.362. The van der Waals surface area contributed by atoms with Crippen molar-refractivity contribution >= 4 is 22.6 Å². The first-order valence-electron chi connectivity index (χ1n) is 5.33. The lowest BCUT2D eigenvalue weighted by atomic mass is 10.1. The first kappa shape index (κ1) is 12.2. The maximum absolute atomic E-state index is 13.2. The normalized spacial score (nSPS) is 17.8. The van der Waals surface area contributed by atoms with Gasteiger partial charge in [0.25, 0.3) is 0 Å². The summed E-state index contributed by atoms with van der Waals surface area (Å²) in [7, 11) is 1.45. The van der Waals surface area contributed by atoms with Crippen molar-refractivity contribution in [3.63, 3.8) is 0 Å². The standard InChI is InChI=1S/C12H15FN2OS/c1-12(2)7-17-11(15-12)14-8-4-5-9(13)10(6-8)16-3/h4-6H,7H2,1-3H3,(H,14,15). The molecule has 0 radical (unpaired) electrons. The van der Waals surface area contributed by atoms with Crippen LogP contribution in [-0.4, -0.2) is 23.6 Å². The van der Waals surface area contributed by atoms with Gasteiger partial charge in [-0.25, -0.2) is 4.39 Å². The van der Waals surface area contributed by atoms with Gasteiger partial charge in [0.15, 0.2) is 16.7 Å². The highest BCUT2D eigenvalue weighted by Gasteiger charge is 2.25. The van der Waals surface area contributed by atoms with Crippen LogP contribution in [0.1, 0.15) is 13.8 Å². The number of halogens is 1. The summed E-state index contributed by atoms with van der Waals surface area (Å²) in [6.45, 7) is 4.17. The van der Waals surface area contributed by atoms with E-state index in [0.717, 1.165) is 16.6 Å². The summed E-state index contributed by atoms with van der Waals surface area (Å²) in [5, 5.41) is 4.03. The molecule has 0 atom stereocenters. The van der Waals surface area contributed by atoms with Gasteiger partial charge in [0, 0.05) is 17.5 Å². The maximum atomic E-state index is 13.2. The molecule has 0 saturated carbocycles. The van der Waals surface area contributed by atoms with Gasteiger partial charge in [0.1, 0.15) is 0 Å². The SMILES string of the molecule is COc1cc(NC2=NC(C)(C)CS2)ccc1F. The summed E-state index contributed by atoms with van der Waals surface area (Å²) >= 11 is 1.67. The van der Waals surface area contributed by atoms with E-state index in [2.05, 4.69) is 24.2 Å². The molecule has 0 amide bonds. The van der Waals surface area contributed by atoms with Crippen molar-refractivity contribution in [2.75, 3.05) is 18.2 Å². The minimum absolute atomic E-state index is 0.0306. The van der Waals surface area contributed by atoms with Crippen LogP contribution in [0.4, 0.5) is 10.1 Å². The van der Waals surface area contributed by atoms with E-state index in [1.54, 1.807) is 23.9 Å². The van der Waals surface area contributed by atoms with Crippen molar-refractivity contribution in [2.45, 2.75) is 19.4 Å². The van der Waals surface area contributed by atoms with Crippen LogP contribution in [0.15, 0.2) is 23.2 Å². The number of nitrogens with zero attached hydrogens (tertiary/aromatic N) is 1. The molecule has 2 rings (SSSR count). The molecule has 1 aromatic carbocycles. The predicted octanol–water partition coefficient (Wildman–Crippen LogP) is 3.13. The highest BCUT2D eigenvalue weighted by molar-refractivity contribution is 8.14. The summed E-state index contributed by atoms with van der Waals surface area (Å²) in [5.74, 6) is 0.825. The third-order valence-electron chi connectivity index (χ3n) is 2.37. The van der Waals surface area contributed by atoms with Crippen molar-refractivity contribution in [3.05, 3.63) is 24.0 Å². The van der Waals surface area contributed by atoms with Gasteiger partial charge in [-0.15, -0.1) is 0 Å². The number of thioether (sulfide) groups is 1. The second-order valence-corrected chi connectivity index (χ2v) is 5.46. The van der Waals surface area contributed by atoms with E-state index in [1.165, 1.54) is 13.2 Å². The van der Waals surface area contributed by atoms with Gasteiger partial charge < -0.3 is 10.1 Å². The third kappa shape index (κ3) is 2.91. The van der Waals surface area contributed by atoms with Gasteiger partial charge in [0.05, 0.1) is 12.6 Å². The highest BCUT2D eigenvalue weighted by Crippen LogP contribution is 2.29. The number of hydrogen-bond donors (Lipinski definition) is 1. The Hall–Kier alpha value is -1.23. The molecular formula is C12H15FN2OS. The molecule has 0 aromatic heterocycles. The molecule has 1 heterocycles. The zero-order valence-corrected chi connectivity index (χ0v) is 10.9. The number of nitrogens with one attached hydrogen (secondary N) is 1. The van der Waals surface area contributed by atoms with Gasteiger partial charge in [-0.2, -0.15) is 0 Å². The lowest BCUT2D eigenvalue weighted by Crippen LogP contribution is -2.15. The number of ether oxygens (including phenoxy) is 1. The van der Waals surface area contributed by atoms with Crippen LogP contribution in [-0.2, 0) is 0 Å². The topological polar surface area (TPSA) is 33.6 Å². The Morgan fingerprint density at radius 1 is 1.47 bits per heavy atom. The van der Waals surface area contributed by atoms with E-state index in [9.17, 15) is 4.39 Å². The Morgan fingerprint density at radius 3 is 2.82 bits per heavy atom. The van der Waals surface area contributed by atoms with Crippen LogP contribution in [0.25, 0.3) is 0 Å². The Balaban J connectivity index is 2.15. The molecule has 1 aliphatic rings. The highest BCUT2D eigenvalue weighted by atomic mass is 32.2. The quantitative estimate of drug-likeness (QED) is 0.880. The summed E-state index contributed by atoms with van der Waals surface area (Å²) in [4.78, 5) is 4.53. The Kier molecular flexibility index (Phi) is 3.28. The summed E-state index contributed by atoms with van der Waals surface area (Å²) in [5.41, 5.74) is 0.754. The summed E-state index contributed by atoms with van der Waals surface area (Å²) in [6, 6.07) is 4.68. The average Bonchev–Trinajstić information content (AvgIpc) is 2.61. The van der Waals surface area contributed by atoms with E-state index < -0.39 is 0 Å². The molecule has 1 aromatic rings. The minimum Gasteiger partial charge on any atom is -0.494 e. The molecule has 92 valence electrons. The molecule has 1 N–H and O–H groups in total. The van der Waals surface area contributed by atoms with Gasteiger partial charge >= 0.3 is 0 Å². The number of methoxy groups -OCH3 is 1. The molecule has 0 spiro atoms. The molecule has 3 nitrogen and oxygen atoms in total. The van der Waals surface area contributed by atoms with Crippen LogP contribution < -0.4 is 10.1 Å². The van der Waals surface area contributed by atoms with Gasteiger partial charge in [-0.1, -0.05) is 11.8 Å². The van der Waals surface area contributed by atoms with Crippen LogP contribution >= 0.6 is 11.8 Å². The number of rotatable bonds is 2. The number of anilines is 1. The van der Waals surface area contributed by atoms with Gasteiger partial charge in [0.2, 0.25) is 0 Å². The molecule has 0 bridgehead atoms. The molecule has 0 fully saturated rings. The van der Waals surface area contributed by atoms with Gasteiger partial charge in [-0.3, -0.25) is 4.99 Å². The zero-order valence-electron chi connectivity index (χ0n) is 10.1. The van der Waals surface area contributed by atoms with Crippen molar-refractivity contribution in [3.8, 4) is 5.75 Å². The zero-order chi connectivity index (χ0) is 12.5. The summed E-state index contributed by atoms with van der Waals surface area (Å²) < 4.78 is 18.1. The van der Waals surface area contributed by atoms with Crippen LogP contribution in [0, 0.1) is 5.82 Å². The number of hydrogen-bond acceptors (Lipinski definition) is 4. The number of benzene rings is 1. The first-order chi connectivity index (χ1) is 8.00. The van der Waals surface area contributed by atoms with E-state index in [1.807, 2.05) is 0 Å². The maximum Gasteiger partial charge on any atom is 0.165 e. The predicted molar refractivity (Wildman–Crippen MR) is 70.5 cm³/mol. The van der Waals surface area contributed by atoms with Crippen LogP contribution in [0.5, 0.6) is 5.75 Å². The first-order valence-corrected chi connectivity index (χ1v) is 6.32. The molecule has 1 aliphatic heterocycles. The second-order valence-electron chi connectivity index (χ2n) is 4.49. The molecule has 0 aliphatic carbocycles. The molecular weight excluding hydrogens is 239 g/mol. The molecule has 0 unspecified atom stereocenters. The molecule has 5 heteroatoms. The van der Waals surface area contributed by atoms with Crippen LogP contribution in [0.2, 0.25) is 0 Å². The van der Waals surface area contributed by atoms with E-state index in [0.29, 0.717) is 0 Å². The Morgan fingerprint density at radius 2 is 2.24 bits per heavy atom. The number of amidine groups is 1. The third-order valence-corrected chi connectivity index (χ3v) is 3.69. The fourth-order valence-corrected chi connectivity index (χ4v) is 2.57. The number of aliphatic imine (C=N–C) groups is 1. The fraction of sp³-hybridized carbons (Fsp3) is 0.417. The Bertz CT molecular complexity index is 460. The van der Waals surface area contributed by atoms with Crippen molar-refractivity contribution in [1.29, 1.82) is 0 Å². The monoisotopic (exact) mass is 254 g/mol. The van der Waals surface area contributed by atoms with E-state index >= 15 is 0 Å². The van der Waals surface area contributed by atoms with Crippen molar-refractivity contribution in [1.82, 2.24) is 0 Å². The second kappa shape index (κ2) is 4.56. The fourth-order valence-electron chi connectivity index (χ4n) is 1.51. The van der Waals surface area contributed by atoms with Crippen molar-refractivity contribution < 1.29 is 9.13 Å². The van der Waals surface area contributed by atoms with E-state index in [-0.39, 0.29) is 17.1 Å². The lowest BCUT2D eigenvalue weighted by Gasteiger charge is -2.09. The van der Waals surface area contributed by atoms with E-state index in [4.69, 9.17) is 4.74 Å². The molecule has 17 heavy (non-hydrogen) atoms. The summed E-state index contributed by atoms with van der Waals surface area (Å²) in [6.07, 6.45) is 0. The van der Waals surface area contributed by atoms with Gasteiger partial charge in [-0.05, 0) is 26.0 Å². The van der Waals surface area contributed by atoms with Crippen LogP contribution in [0.3, 0.4) is 0 Å². The lowest BCUT2D eigenvalue weighted by molar-refractivity contribution is 0.387. The smallest absolute Gasteiger partial charge is 0.165 e. The molecule has 0 saturated heterocycles. The van der Waals surface area contributed by atoms with Crippen molar-refractivity contribution in [2.24, 2.45) is 4.99 Å².